The minimum absolute atomic E-state index is 0.0337. The van der Waals surface area contributed by atoms with E-state index in [1.807, 2.05) is 0 Å². The van der Waals surface area contributed by atoms with Gasteiger partial charge in [-0.2, -0.15) is 19.9 Å². The maximum atomic E-state index is 13.5. The number of benzene rings is 2. The van der Waals surface area contributed by atoms with Crippen LogP contribution in [0, 0.1) is 0 Å². The van der Waals surface area contributed by atoms with Crippen LogP contribution in [-0.4, -0.2) is 95.1 Å². The number of amides is 2. The Morgan fingerprint density at radius 2 is 1.50 bits per heavy atom. The molecule has 0 atom stereocenters. The van der Waals surface area contributed by atoms with Gasteiger partial charge in [-0.05, 0) is 86.7 Å². The van der Waals surface area contributed by atoms with Gasteiger partial charge >= 0.3 is 5.97 Å². The van der Waals surface area contributed by atoms with Crippen molar-refractivity contribution in [2.24, 2.45) is 5.10 Å². The number of rotatable bonds is 12. The third-order valence-corrected chi connectivity index (χ3v) is 9.18. The molecule has 0 spiro atoms. The molecule has 2 N–H and O–H groups in total. The second-order valence-electron chi connectivity index (χ2n) is 10.4. The van der Waals surface area contributed by atoms with Crippen molar-refractivity contribution >= 4 is 61.2 Å². The van der Waals surface area contributed by atoms with Crippen LogP contribution in [0.15, 0.2) is 92.8 Å². The molecule has 262 valence electrons. The lowest BCUT2D eigenvalue weighted by Gasteiger charge is -2.19. The molecule has 19 heteroatoms. The quantitative estimate of drug-likeness (QED) is 0.146. The van der Waals surface area contributed by atoms with E-state index >= 15 is 0 Å². The number of likely N-dealkylation sites (N-methyl/N-ethyl adjacent to an activating group) is 1. The third-order valence-electron chi connectivity index (χ3n) is 7.21. The van der Waals surface area contributed by atoms with Crippen LogP contribution in [0.3, 0.4) is 0 Å². The van der Waals surface area contributed by atoms with Crippen molar-refractivity contribution < 1.29 is 55.9 Å². The first kappa shape index (κ1) is 36.9. The lowest BCUT2D eigenvalue weighted by atomic mass is 10.1. The van der Waals surface area contributed by atoms with Crippen molar-refractivity contribution in [3.8, 4) is 11.6 Å². The molecule has 0 radical (unpaired) electrons. The topological polar surface area (TPSA) is 260 Å². The van der Waals surface area contributed by atoms with Gasteiger partial charge in [-0.25, -0.2) is 21.6 Å². The van der Waals surface area contributed by atoms with Gasteiger partial charge in [0, 0.05) is 24.9 Å². The van der Waals surface area contributed by atoms with Crippen LogP contribution in [0.5, 0.6) is 5.88 Å². The molecular weight excluding hydrogens is 698 g/mol. The number of nitrogens with zero attached hydrogens (tertiary/aromatic N) is 5. The largest absolute Gasteiger partial charge is 0.744 e. The monoisotopic (exact) mass is 725 g/mol. The zero-order valence-electron chi connectivity index (χ0n) is 26.4. The summed E-state index contributed by atoms with van der Waals surface area (Å²) in [5.74, 6) is -5.74. The molecule has 1 aliphatic heterocycles. The van der Waals surface area contributed by atoms with Crippen molar-refractivity contribution in [2.45, 2.75) is 23.6 Å². The summed E-state index contributed by atoms with van der Waals surface area (Å²) < 4.78 is 58.3. The molecule has 4 rings (SSSR count). The summed E-state index contributed by atoms with van der Waals surface area (Å²) in [6.45, 7) is 3.80. The average Bonchev–Trinajstić information content (AvgIpc) is 3.57. The first-order chi connectivity index (χ1) is 23.4. The molecule has 0 bridgehead atoms. The molecule has 50 heavy (non-hydrogen) atoms. The van der Waals surface area contributed by atoms with E-state index in [1.54, 1.807) is 13.8 Å². The molecule has 3 aromatic rings. The number of carbonyl (C=O) groups is 4. The van der Waals surface area contributed by atoms with Crippen molar-refractivity contribution in [3.63, 3.8) is 0 Å². The Hall–Kier alpha value is -5.92. The Morgan fingerprint density at radius 1 is 0.940 bits per heavy atom. The molecule has 0 saturated heterocycles. The number of aromatic carboxylic acids is 1. The Kier molecular flexibility index (Phi) is 10.5. The summed E-state index contributed by atoms with van der Waals surface area (Å²) >= 11 is 0. The minimum atomic E-state index is -4.81. The number of aliphatic carboxylic acids is 1. The highest BCUT2D eigenvalue weighted by atomic mass is 32.2. The number of sulfone groups is 1. The van der Waals surface area contributed by atoms with E-state index in [0.717, 1.165) is 59.5 Å². The van der Waals surface area contributed by atoms with E-state index in [1.165, 1.54) is 29.2 Å². The maximum Gasteiger partial charge on any atom is 0.357 e. The van der Waals surface area contributed by atoms with E-state index < -0.39 is 71.5 Å². The van der Waals surface area contributed by atoms with Crippen LogP contribution < -0.4 is 10.1 Å². The Morgan fingerprint density at radius 3 is 2.00 bits per heavy atom. The van der Waals surface area contributed by atoms with Crippen molar-refractivity contribution in [1.82, 2.24) is 14.7 Å². The summed E-state index contributed by atoms with van der Waals surface area (Å²) in [6.07, 6.45) is 5.23. The average molecular weight is 726 g/mol. The molecule has 0 saturated carbocycles. The highest BCUT2D eigenvalue weighted by molar-refractivity contribution is 7.90. The highest BCUT2D eigenvalue weighted by Crippen LogP contribution is 2.29. The first-order valence-electron chi connectivity index (χ1n) is 14.3. The number of hydrogen-bond donors (Lipinski definition) is 2. The fourth-order valence-electron chi connectivity index (χ4n) is 4.63. The van der Waals surface area contributed by atoms with Gasteiger partial charge in [0.05, 0.1) is 38.3 Å². The number of aromatic hydroxyl groups is 1. The lowest BCUT2D eigenvalue weighted by Crippen LogP contribution is -2.32. The lowest BCUT2D eigenvalue weighted by molar-refractivity contribution is -0.294. The summed E-state index contributed by atoms with van der Waals surface area (Å²) in [6, 6.07) is 8.98. The van der Waals surface area contributed by atoms with Crippen molar-refractivity contribution in [1.29, 1.82) is 0 Å². The molecule has 0 aliphatic carbocycles. The molecular formula is C31H27N5O12S2-2. The van der Waals surface area contributed by atoms with Crippen LogP contribution in [0.1, 0.15) is 29.9 Å². The fourth-order valence-corrected chi connectivity index (χ4v) is 5.73. The SMILES string of the molecule is CCN(CC)C(=O)C(/C=C/c1c(C(=O)O)nn(-c2ccc(S(C)(=O)=O)cc2)c1O)=C/C=C1/C(=O)N(c2ccc(S(=O)(=O)[O-])cc2)N=C1C(=O)[O-]. The van der Waals surface area contributed by atoms with Crippen LogP contribution in [0.4, 0.5) is 5.69 Å². The van der Waals surface area contributed by atoms with Gasteiger partial charge in [0.15, 0.2) is 15.5 Å². The third kappa shape index (κ3) is 7.69. The van der Waals surface area contributed by atoms with Gasteiger partial charge in [0.2, 0.25) is 5.88 Å². The summed E-state index contributed by atoms with van der Waals surface area (Å²) in [7, 11) is -8.37. The zero-order valence-corrected chi connectivity index (χ0v) is 28.0. The predicted molar refractivity (Wildman–Crippen MR) is 173 cm³/mol. The zero-order chi connectivity index (χ0) is 37.1. The first-order valence-corrected chi connectivity index (χ1v) is 17.6. The van der Waals surface area contributed by atoms with Gasteiger partial charge in [0.25, 0.3) is 11.8 Å². The second-order valence-corrected chi connectivity index (χ2v) is 13.8. The van der Waals surface area contributed by atoms with Gasteiger partial charge in [-0.1, -0.05) is 0 Å². The van der Waals surface area contributed by atoms with Gasteiger partial charge in [-0.3, -0.25) is 9.59 Å². The smallest absolute Gasteiger partial charge is 0.357 e. The normalized spacial score (nSPS) is 14.8. The molecule has 0 unspecified atom stereocenters. The number of anilines is 1. The summed E-state index contributed by atoms with van der Waals surface area (Å²) in [4.78, 5) is 51.5. The van der Waals surface area contributed by atoms with Gasteiger partial charge in [0.1, 0.15) is 15.8 Å². The van der Waals surface area contributed by atoms with Crippen molar-refractivity contribution in [2.75, 3.05) is 24.4 Å². The number of carboxylic acids is 2. The van der Waals surface area contributed by atoms with Gasteiger partial charge < -0.3 is 29.6 Å². The molecule has 1 aliphatic rings. The Bertz CT molecular complexity index is 2230. The number of allylic oxidation sites excluding steroid dienone is 2. The fraction of sp³-hybridized carbons (Fsp3) is 0.161. The van der Waals surface area contributed by atoms with E-state index in [-0.39, 0.29) is 40.5 Å². The molecule has 0 fully saturated rings. The van der Waals surface area contributed by atoms with Crippen LogP contribution in [0.2, 0.25) is 0 Å². The molecule has 2 heterocycles. The number of carbonyl (C=O) groups excluding carboxylic acids is 3. The highest BCUT2D eigenvalue weighted by Gasteiger charge is 2.32. The molecule has 2 aromatic carbocycles. The maximum absolute atomic E-state index is 13.5. The van der Waals surface area contributed by atoms with E-state index in [9.17, 15) is 55.9 Å². The summed E-state index contributed by atoms with van der Waals surface area (Å²) in [5, 5.41) is 41.0. The van der Waals surface area contributed by atoms with E-state index in [4.69, 9.17) is 0 Å². The molecule has 17 nitrogen and oxygen atoms in total. The number of hydrazone groups is 1. The van der Waals surface area contributed by atoms with Crippen LogP contribution in [-0.2, 0) is 34.3 Å². The number of aromatic nitrogens is 2. The van der Waals surface area contributed by atoms with E-state index in [2.05, 4.69) is 10.2 Å². The molecule has 1 aromatic heterocycles. The Balaban J connectivity index is 1.79. The second kappa shape index (κ2) is 14.3. The van der Waals surface area contributed by atoms with Crippen molar-refractivity contribution in [3.05, 3.63) is 89.2 Å². The standard InChI is InChI=1S/C31H29N5O12S2/c1-4-34(5-2)27(37)18(6-16-23-25(30(40)41)32-35(28(23)38)19-8-12-21(13-9-19)49(3,44)45)7-17-24-26(31(42)43)33-36(29(24)39)20-10-14-22(15-11-20)50(46,47)48/h6-17,38H,4-5H2,1-3H3,(H,40,41)(H,42,43)(H,46,47,48)/p-2/b16-6+,18-7+,24-17+. The number of carboxylic acid groups (broad SMARTS) is 2. The molecule has 2 amide bonds. The minimum Gasteiger partial charge on any atom is -0.744 e. The van der Waals surface area contributed by atoms with E-state index in [0.29, 0.717) is 5.01 Å². The predicted octanol–water partition coefficient (Wildman–Crippen LogP) is 0.471. The van der Waals surface area contributed by atoms with Crippen LogP contribution >= 0.6 is 0 Å². The number of hydrogen-bond acceptors (Lipinski definition) is 13. The van der Waals surface area contributed by atoms with Gasteiger partial charge in [-0.15, -0.1) is 0 Å². The summed E-state index contributed by atoms with van der Waals surface area (Å²) in [5.41, 5.74) is -2.53. The van der Waals surface area contributed by atoms with Crippen LogP contribution in [0.25, 0.3) is 11.8 Å². The Labute approximate surface area is 285 Å².